The number of aliphatic hydroxyl groups is 1. The van der Waals surface area contributed by atoms with Gasteiger partial charge in [0, 0.05) is 11.3 Å². The maximum atomic E-state index is 9.06. The molecule has 1 heterocycles. The van der Waals surface area contributed by atoms with E-state index < -0.39 is 0 Å². The van der Waals surface area contributed by atoms with E-state index >= 15 is 0 Å². The van der Waals surface area contributed by atoms with Crippen LogP contribution in [0.1, 0.15) is 42.5 Å². The Hall–Kier alpha value is -0.600. The molecule has 3 heteroatoms. The van der Waals surface area contributed by atoms with Crippen molar-refractivity contribution in [1.29, 1.82) is 0 Å². The average molecular weight is 212 g/mol. The Kier molecular flexibility index (Phi) is 2.75. The third-order valence-electron chi connectivity index (χ3n) is 2.88. The molecule has 0 saturated heterocycles. The molecule has 0 bridgehead atoms. The summed E-state index contributed by atoms with van der Waals surface area (Å²) < 4.78 is 0. The number of fused-ring (bicyclic) bond motifs is 1. The van der Waals surface area contributed by atoms with Crippen molar-refractivity contribution in [1.82, 2.24) is 4.98 Å². The molecule has 14 heavy (non-hydrogen) atoms. The highest BCUT2D eigenvalue weighted by molar-refractivity contribution is 6.30. The normalized spacial score (nSPS) is 20.6. The third-order valence-corrected chi connectivity index (χ3v) is 3.21. The van der Waals surface area contributed by atoms with E-state index in [-0.39, 0.29) is 6.61 Å². The summed E-state index contributed by atoms with van der Waals surface area (Å²) >= 11 is 5.96. The van der Waals surface area contributed by atoms with Crippen LogP contribution in [0, 0.1) is 0 Å². The lowest BCUT2D eigenvalue weighted by Crippen LogP contribution is -2.10. The Morgan fingerprint density at radius 3 is 3.14 bits per heavy atom. The van der Waals surface area contributed by atoms with E-state index in [2.05, 4.69) is 11.9 Å². The predicted octanol–water partition coefficient (Wildman–Crippen LogP) is 2.67. The van der Waals surface area contributed by atoms with Crippen LogP contribution in [-0.2, 0) is 13.0 Å². The Bertz CT molecular complexity index is 351. The molecule has 1 aromatic rings. The molecule has 0 aromatic carbocycles. The van der Waals surface area contributed by atoms with E-state index in [1.807, 2.05) is 6.07 Å². The summed E-state index contributed by atoms with van der Waals surface area (Å²) in [5.41, 5.74) is 3.13. The van der Waals surface area contributed by atoms with Gasteiger partial charge in [0.1, 0.15) is 5.15 Å². The first-order chi connectivity index (χ1) is 6.72. The van der Waals surface area contributed by atoms with Gasteiger partial charge in [0.15, 0.2) is 0 Å². The number of aryl methyl sites for hydroxylation is 1. The van der Waals surface area contributed by atoms with Crippen molar-refractivity contribution in [3.05, 3.63) is 28.0 Å². The van der Waals surface area contributed by atoms with Crippen LogP contribution in [0.4, 0.5) is 0 Å². The van der Waals surface area contributed by atoms with E-state index in [1.54, 1.807) is 0 Å². The van der Waals surface area contributed by atoms with Crippen LogP contribution in [0.25, 0.3) is 0 Å². The molecule has 2 rings (SSSR count). The maximum Gasteiger partial charge on any atom is 0.134 e. The molecule has 0 radical (unpaired) electrons. The summed E-state index contributed by atoms with van der Waals surface area (Å²) in [7, 11) is 0. The molecule has 0 saturated carbocycles. The molecule has 76 valence electrons. The topological polar surface area (TPSA) is 33.1 Å². The maximum absolute atomic E-state index is 9.06. The zero-order chi connectivity index (χ0) is 10.1. The first-order valence-electron chi connectivity index (χ1n) is 5.01. The Morgan fingerprint density at radius 1 is 1.64 bits per heavy atom. The van der Waals surface area contributed by atoms with Gasteiger partial charge in [-0.2, -0.15) is 0 Å². The third kappa shape index (κ3) is 1.64. The average Bonchev–Trinajstić information content (AvgIpc) is 2.19. The summed E-state index contributed by atoms with van der Waals surface area (Å²) in [6, 6.07) is 2.00. The molecule has 1 aliphatic rings. The summed E-state index contributed by atoms with van der Waals surface area (Å²) in [4.78, 5) is 4.37. The van der Waals surface area contributed by atoms with Crippen molar-refractivity contribution >= 4 is 11.6 Å². The molecule has 0 spiro atoms. The van der Waals surface area contributed by atoms with Gasteiger partial charge in [-0.1, -0.05) is 18.5 Å². The number of hydrogen-bond donors (Lipinski definition) is 1. The molecule has 0 aliphatic heterocycles. The Balaban J connectivity index is 2.48. The molecular formula is C11H14ClNO. The second kappa shape index (κ2) is 3.87. The van der Waals surface area contributed by atoms with Gasteiger partial charge in [-0.15, -0.1) is 0 Å². The van der Waals surface area contributed by atoms with Crippen LogP contribution in [0.2, 0.25) is 5.15 Å². The van der Waals surface area contributed by atoms with Crippen LogP contribution in [0.5, 0.6) is 0 Å². The van der Waals surface area contributed by atoms with Gasteiger partial charge in [-0.05, 0) is 36.8 Å². The fraction of sp³-hybridized carbons (Fsp3) is 0.545. The monoisotopic (exact) mass is 211 g/mol. The van der Waals surface area contributed by atoms with Crippen LogP contribution >= 0.6 is 11.6 Å². The first-order valence-corrected chi connectivity index (χ1v) is 5.39. The number of nitrogens with zero attached hydrogens (tertiary/aromatic N) is 1. The lowest BCUT2D eigenvalue weighted by Gasteiger charge is -2.22. The summed E-state index contributed by atoms with van der Waals surface area (Å²) in [5.74, 6) is 0.504. The van der Waals surface area contributed by atoms with E-state index in [9.17, 15) is 0 Å². The second-order valence-electron chi connectivity index (χ2n) is 3.93. The molecule has 1 aliphatic carbocycles. The van der Waals surface area contributed by atoms with Crippen molar-refractivity contribution in [2.24, 2.45) is 0 Å². The number of halogens is 1. The summed E-state index contributed by atoms with van der Waals surface area (Å²) in [6.07, 6.45) is 3.47. The Morgan fingerprint density at radius 2 is 2.43 bits per heavy atom. The second-order valence-corrected chi connectivity index (χ2v) is 4.29. The molecule has 1 N–H and O–H groups in total. The number of rotatable bonds is 1. The standard InChI is InChI=1S/C11H14ClNO/c1-7-3-2-4-8-5-9(6-14)11(12)13-10(7)8/h5,7,14H,2-4,6H2,1H3. The van der Waals surface area contributed by atoms with Crippen molar-refractivity contribution in [2.45, 2.75) is 38.7 Å². The van der Waals surface area contributed by atoms with Gasteiger partial charge >= 0.3 is 0 Å². The van der Waals surface area contributed by atoms with Gasteiger partial charge in [0.05, 0.1) is 6.61 Å². The minimum atomic E-state index is -0.0203. The van der Waals surface area contributed by atoms with Gasteiger partial charge < -0.3 is 5.11 Å². The van der Waals surface area contributed by atoms with E-state index in [0.717, 1.165) is 17.7 Å². The molecule has 0 fully saturated rings. The zero-order valence-corrected chi connectivity index (χ0v) is 9.01. The van der Waals surface area contributed by atoms with Gasteiger partial charge in [-0.3, -0.25) is 0 Å². The highest BCUT2D eigenvalue weighted by Gasteiger charge is 2.19. The minimum Gasteiger partial charge on any atom is -0.392 e. The molecule has 1 unspecified atom stereocenters. The van der Waals surface area contributed by atoms with Gasteiger partial charge in [0.2, 0.25) is 0 Å². The molecule has 0 amide bonds. The van der Waals surface area contributed by atoms with E-state index in [1.165, 1.54) is 18.4 Å². The highest BCUT2D eigenvalue weighted by Crippen LogP contribution is 2.32. The van der Waals surface area contributed by atoms with Crippen LogP contribution in [-0.4, -0.2) is 10.1 Å². The van der Waals surface area contributed by atoms with Crippen LogP contribution in [0.3, 0.4) is 0 Å². The quantitative estimate of drug-likeness (QED) is 0.725. The van der Waals surface area contributed by atoms with Crippen molar-refractivity contribution in [2.75, 3.05) is 0 Å². The number of aliphatic hydroxyl groups excluding tert-OH is 1. The van der Waals surface area contributed by atoms with Gasteiger partial charge in [0.25, 0.3) is 0 Å². The summed E-state index contributed by atoms with van der Waals surface area (Å²) in [5, 5.41) is 9.52. The predicted molar refractivity (Wildman–Crippen MR) is 56.5 cm³/mol. The fourth-order valence-corrected chi connectivity index (χ4v) is 2.27. The highest BCUT2D eigenvalue weighted by atomic mass is 35.5. The van der Waals surface area contributed by atoms with E-state index in [4.69, 9.17) is 16.7 Å². The first kappa shape index (κ1) is 9.94. The number of pyridine rings is 1. The molecule has 1 aromatic heterocycles. The van der Waals surface area contributed by atoms with E-state index in [0.29, 0.717) is 11.1 Å². The van der Waals surface area contributed by atoms with Gasteiger partial charge in [-0.25, -0.2) is 4.98 Å². The van der Waals surface area contributed by atoms with Crippen molar-refractivity contribution in [3.8, 4) is 0 Å². The molecular weight excluding hydrogens is 198 g/mol. The number of hydrogen-bond acceptors (Lipinski definition) is 2. The SMILES string of the molecule is CC1CCCc2cc(CO)c(Cl)nc21. The zero-order valence-electron chi connectivity index (χ0n) is 8.26. The smallest absolute Gasteiger partial charge is 0.134 e. The molecule has 1 atom stereocenters. The van der Waals surface area contributed by atoms with Crippen molar-refractivity contribution in [3.63, 3.8) is 0 Å². The van der Waals surface area contributed by atoms with Crippen molar-refractivity contribution < 1.29 is 5.11 Å². The lowest BCUT2D eigenvalue weighted by atomic mass is 9.87. The van der Waals surface area contributed by atoms with Crippen LogP contribution < -0.4 is 0 Å². The largest absolute Gasteiger partial charge is 0.392 e. The number of aromatic nitrogens is 1. The van der Waals surface area contributed by atoms with Crippen LogP contribution in [0.15, 0.2) is 6.07 Å². The molecule has 2 nitrogen and oxygen atoms in total. The fourth-order valence-electron chi connectivity index (χ4n) is 2.07. The Labute approximate surface area is 88.9 Å². The summed E-state index contributed by atoms with van der Waals surface area (Å²) in [6.45, 7) is 2.16. The minimum absolute atomic E-state index is 0.0203. The lowest BCUT2D eigenvalue weighted by molar-refractivity contribution is 0.281.